The van der Waals surface area contributed by atoms with Crippen LogP contribution in [-0.2, 0) is 0 Å². The van der Waals surface area contributed by atoms with Crippen molar-refractivity contribution < 1.29 is 4.74 Å². The van der Waals surface area contributed by atoms with E-state index in [1.807, 2.05) is 6.07 Å². The predicted molar refractivity (Wildman–Crippen MR) is 82.4 cm³/mol. The number of hydrogen-bond acceptors (Lipinski definition) is 4. The molecule has 112 valence electrons. The van der Waals surface area contributed by atoms with Gasteiger partial charge in [0.1, 0.15) is 11.6 Å². The molecule has 2 rings (SSSR count). The Labute approximate surface area is 122 Å². The Morgan fingerprint density at radius 1 is 1.30 bits per heavy atom. The molecule has 1 aromatic rings. The maximum absolute atomic E-state index is 5.83. The van der Waals surface area contributed by atoms with Crippen LogP contribution in [0.4, 0.5) is 5.82 Å². The molecule has 0 amide bonds. The molecular weight excluding hydrogens is 250 g/mol. The van der Waals surface area contributed by atoms with Gasteiger partial charge in [0.05, 0.1) is 6.61 Å². The Kier molecular flexibility index (Phi) is 4.84. The minimum atomic E-state index is 0.287. The monoisotopic (exact) mass is 277 g/mol. The highest BCUT2D eigenvalue weighted by atomic mass is 16.5. The van der Waals surface area contributed by atoms with Gasteiger partial charge in [-0.25, -0.2) is 4.98 Å². The van der Waals surface area contributed by atoms with E-state index in [9.17, 15) is 0 Å². The number of nitrogens with zero attached hydrogens (tertiary/aromatic N) is 2. The van der Waals surface area contributed by atoms with Crippen LogP contribution in [0.2, 0.25) is 0 Å². The summed E-state index contributed by atoms with van der Waals surface area (Å²) in [5.41, 5.74) is 0.287. The summed E-state index contributed by atoms with van der Waals surface area (Å²) in [5.74, 6) is 3.10. The van der Waals surface area contributed by atoms with E-state index in [1.165, 1.54) is 12.8 Å². The lowest BCUT2D eigenvalue weighted by Gasteiger charge is -2.18. The first-order valence-corrected chi connectivity index (χ1v) is 7.73. The highest BCUT2D eigenvalue weighted by Gasteiger charge is 2.27. The van der Waals surface area contributed by atoms with Gasteiger partial charge in [0.2, 0.25) is 5.88 Å². The third-order valence-electron chi connectivity index (χ3n) is 3.32. The molecule has 1 aromatic heterocycles. The fourth-order valence-corrected chi connectivity index (χ4v) is 1.85. The summed E-state index contributed by atoms with van der Waals surface area (Å²) in [6.07, 6.45) is 4.52. The Balaban J connectivity index is 2.00. The van der Waals surface area contributed by atoms with Crippen LogP contribution in [0.15, 0.2) is 6.07 Å². The second kappa shape index (κ2) is 6.42. The predicted octanol–water partition coefficient (Wildman–Crippen LogP) is 3.99. The summed E-state index contributed by atoms with van der Waals surface area (Å²) < 4.78 is 5.83. The van der Waals surface area contributed by atoms with Crippen molar-refractivity contribution in [2.45, 2.75) is 59.3 Å². The molecule has 0 aromatic carbocycles. The zero-order chi connectivity index (χ0) is 14.6. The first kappa shape index (κ1) is 15.1. The average Bonchev–Trinajstić information content (AvgIpc) is 3.19. The van der Waals surface area contributed by atoms with Crippen molar-refractivity contribution in [1.29, 1.82) is 0 Å². The molecule has 0 aliphatic heterocycles. The van der Waals surface area contributed by atoms with Crippen LogP contribution >= 0.6 is 0 Å². The maximum Gasteiger partial charge on any atom is 0.218 e. The first-order chi connectivity index (χ1) is 9.48. The fraction of sp³-hybridized carbons (Fsp3) is 0.750. The van der Waals surface area contributed by atoms with E-state index in [1.54, 1.807) is 0 Å². The summed E-state index contributed by atoms with van der Waals surface area (Å²) in [7, 11) is 0. The second-order valence-electron chi connectivity index (χ2n) is 6.81. The minimum absolute atomic E-state index is 0.287. The molecule has 4 nitrogen and oxygen atoms in total. The summed E-state index contributed by atoms with van der Waals surface area (Å²) in [5, 5.41) is 3.33. The molecule has 1 aliphatic rings. The smallest absolute Gasteiger partial charge is 0.218 e. The third-order valence-corrected chi connectivity index (χ3v) is 3.32. The lowest BCUT2D eigenvalue weighted by molar-refractivity contribution is 0.235. The molecule has 4 heteroatoms. The van der Waals surface area contributed by atoms with Crippen LogP contribution in [0.1, 0.15) is 65.1 Å². The van der Waals surface area contributed by atoms with Crippen LogP contribution < -0.4 is 10.1 Å². The van der Waals surface area contributed by atoms with Crippen molar-refractivity contribution in [3.63, 3.8) is 0 Å². The van der Waals surface area contributed by atoms with Gasteiger partial charge in [-0.2, -0.15) is 4.98 Å². The van der Waals surface area contributed by atoms with Crippen LogP contribution in [0.5, 0.6) is 5.88 Å². The molecule has 0 saturated heterocycles. The van der Waals surface area contributed by atoms with Crippen molar-refractivity contribution in [1.82, 2.24) is 9.97 Å². The van der Waals surface area contributed by atoms with E-state index in [0.717, 1.165) is 31.0 Å². The molecule has 0 spiro atoms. The SMILES string of the molecule is CCCNc1cc(OCCC(C)(C)C)nc(C2CC2)n1. The van der Waals surface area contributed by atoms with Crippen LogP contribution in [0.3, 0.4) is 0 Å². The van der Waals surface area contributed by atoms with Crippen LogP contribution in [-0.4, -0.2) is 23.1 Å². The van der Waals surface area contributed by atoms with E-state index in [2.05, 4.69) is 43.0 Å². The van der Waals surface area contributed by atoms with Crippen molar-refractivity contribution in [2.75, 3.05) is 18.5 Å². The molecule has 0 atom stereocenters. The largest absolute Gasteiger partial charge is 0.478 e. The fourth-order valence-electron chi connectivity index (χ4n) is 1.85. The first-order valence-electron chi connectivity index (χ1n) is 7.73. The molecule has 0 bridgehead atoms. The molecule has 1 saturated carbocycles. The van der Waals surface area contributed by atoms with Gasteiger partial charge < -0.3 is 10.1 Å². The van der Waals surface area contributed by atoms with Crippen molar-refractivity contribution >= 4 is 5.82 Å². The number of hydrogen-bond donors (Lipinski definition) is 1. The quantitative estimate of drug-likeness (QED) is 0.818. The number of nitrogens with one attached hydrogen (secondary N) is 1. The van der Waals surface area contributed by atoms with Gasteiger partial charge in [0, 0.05) is 18.5 Å². The Hall–Kier alpha value is -1.32. The Bertz CT molecular complexity index is 436. The van der Waals surface area contributed by atoms with E-state index in [0.29, 0.717) is 18.4 Å². The zero-order valence-corrected chi connectivity index (χ0v) is 13.2. The van der Waals surface area contributed by atoms with E-state index >= 15 is 0 Å². The number of anilines is 1. The summed E-state index contributed by atoms with van der Waals surface area (Å²) in [4.78, 5) is 9.14. The molecule has 0 radical (unpaired) electrons. The molecule has 1 heterocycles. The van der Waals surface area contributed by atoms with E-state index in [-0.39, 0.29) is 5.41 Å². The number of aromatic nitrogens is 2. The Morgan fingerprint density at radius 3 is 2.65 bits per heavy atom. The minimum Gasteiger partial charge on any atom is -0.478 e. The zero-order valence-electron chi connectivity index (χ0n) is 13.2. The van der Waals surface area contributed by atoms with Gasteiger partial charge in [0.15, 0.2) is 0 Å². The molecular formula is C16H27N3O. The van der Waals surface area contributed by atoms with Crippen LogP contribution in [0, 0.1) is 5.41 Å². The van der Waals surface area contributed by atoms with E-state index in [4.69, 9.17) is 4.74 Å². The molecule has 20 heavy (non-hydrogen) atoms. The van der Waals surface area contributed by atoms with Gasteiger partial charge in [0.25, 0.3) is 0 Å². The van der Waals surface area contributed by atoms with Gasteiger partial charge in [-0.05, 0) is 31.1 Å². The molecule has 0 unspecified atom stereocenters. The van der Waals surface area contributed by atoms with Gasteiger partial charge >= 0.3 is 0 Å². The van der Waals surface area contributed by atoms with Gasteiger partial charge in [-0.1, -0.05) is 27.7 Å². The average molecular weight is 277 g/mol. The molecule has 1 N–H and O–H groups in total. The standard InChI is InChI=1S/C16H27N3O/c1-5-9-17-13-11-14(20-10-8-16(2,3)4)19-15(18-13)12-6-7-12/h11-12H,5-10H2,1-4H3,(H,17,18,19). The van der Waals surface area contributed by atoms with Crippen molar-refractivity contribution in [3.05, 3.63) is 11.9 Å². The number of rotatable bonds is 7. The van der Waals surface area contributed by atoms with Gasteiger partial charge in [-0.3, -0.25) is 0 Å². The lowest BCUT2D eigenvalue weighted by Crippen LogP contribution is -2.12. The highest BCUT2D eigenvalue weighted by Crippen LogP contribution is 2.39. The molecule has 1 fully saturated rings. The third kappa shape index (κ3) is 4.99. The second-order valence-corrected chi connectivity index (χ2v) is 6.81. The Morgan fingerprint density at radius 2 is 2.05 bits per heavy atom. The summed E-state index contributed by atoms with van der Waals surface area (Å²) in [6, 6.07) is 1.92. The lowest BCUT2D eigenvalue weighted by atomic mass is 9.93. The topological polar surface area (TPSA) is 47.0 Å². The number of ether oxygens (including phenoxy) is 1. The summed E-state index contributed by atoms with van der Waals surface area (Å²) >= 11 is 0. The van der Waals surface area contributed by atoms with Gasteiger partial charge in [-0.15, -0.1) is 0 Å². The molecule has 1 aliphatic carbocycles. The van der Waals surface area contributed by atoms with Crippen molar-refractivity contribution in [3.8, 4) is 5.88 Å². The maximum atomic E-state index is 5.83. The normalized spacial score (nSPS) is 15.2. The van der Waals surface area contributed by atoms with Crippen LogP contribution in [0.25, 0.3) is 0 Å². The summed E-state index contributed by atoms with van der Waals surface area (Å²) in [6.45, 7) is 10.5. The van der Waals surface area contributed by atoms with Crippen molar-refractivity contribution in [2.24, 2.45) is 5.41 Å². The van der Waals surface area contributed by atoms with E-state index < -0.39 is 0 Å². The highest BCUT2D eigenvalue weighted by molar-refractivity contribution is 5.39.